The fourth-order valence-corrected chi connectivity index (χ4v) is 13.0. The number of hydrogen-bond acceptors (Lipinski definition) is 7. The van der Waals surface area contributed by atoms with Crippen molar-refractivity contribution < 1.29 is 23.0 Å². The summed E-state index contributed by atoms with van der Waals surface area (Å²) >= 11 is 0. The van der Waals surface area contributed by atoms with E-state index in [0.717, 1.165) is 31.4 Å². The Labute approximate surface area is 260 Å². The summed E-state index contributed by atoms with van der Waals surface area (Å²) in [7, 11) is -1.99. The lowest BCUT2D eigenvalue weighted by atomic mass is 9.43. The molecule has 0 aromatic heterocycles. The van der Waals surface area contributed by atoms with Crippen LogP contribution in [0.15, 0.2) is 10.3 Å². The first-order valence-corrected chi connectivity index (χ1v) is 26.7. The van der Waals surface area contributed by atoms with Gasteiger partial charge in [-0.3, -0.25) is 0 Å². The molecule has 0 bridgehead atoms. The van der Waals surface area contributed by atoms with Crippen molar-refractivity contribution in [2.24, 2.45) is 44.8 Å². The van der Waals surface area contributed by atoms with E-state index in [9.17, 15) is 0 Å². The standard InChI is InChI=1S/C32H62N2O5Si3/c1-30-18-16-24(38-41(8,9)10)20-23(30)14-15-25-26-17-19-32(39-42(11,12)13,28(34-36-4)22-37-40(5,6)7)31(26,2)21-27(29(25)30)33-35-3/h23-26,29H,14-22H2,1-13H3/t23-,24+,25?,26?,29?,30-,31-,32-/m0/s1. The maximum absolute atomic E-state index is 7.39. The van der Waals surface area contributed by atoms with Crippen molar-refractivity contribution in [3.05, 3.63) is 0 Å². The summed E-state index contributed by atoms with van der Waals surface area (Å²) in [5.74, 6) is 2.19. The highest BCUT2D eigenvalue weighted by atomic mass is 28.4. The zero-order valence-electron chi connectivity index (χ0n) is 29.2. The van der Waals surface area contributed by atoms with Gasteiger partial charge in [0.05, 0.1) is 12.3 Å². The minimum Gasteiger partial charge on any atom is -0.415 e. The van der Waals surface area contributed by atoms with Gasteiger partial charge in [-0.1, -0.05) is 24.2 Å². The van der Waals surface area contributed by atoms with Crippen LogP contribution in [0.4, 0.5) is 0 Å². The molecule has 0 aromatic rings. The Balaban J connectivity index is 1.75. The quantitative estimate of drug-likeness (QED) is 0.137. The molecule has 0 heterocycles. The minimum absolute atomic E-state index is 0.173. The van der Waals surface area contributed by atoms with E-state index in [1.165, 1.54) is 31.4 Å². The second kappa shape index (κ2) is 12.0. The average Bonchev–Trinajstić information content (AvgIpc) is 3.11. The molecule has 4 fully saturated rings. The highest BCUT2D eigenvalue weighted by Crippen LogP contribution is 2.69. The van der Waals surface area contributed by atoms with Crippen molar-refractivity contribution in [3.63, 3.8) is 0 Å². The summed E-state index contributed by atoms with van der Waals surface area (Å²) in [5.41, 5.74) is 1.67. The van der Waals surface area contributed by atoms with Crippen LogP contribution in [0.5, 0.6) is 0 Å². The van der Waals surface area contributed by atoms with Crippen LogP contribution in [0.25, 0.3) is 0 Å². The second-order valence-corrected chi connectivity index (χ2v) is 30.6. The number of oxime groups is 2. The number of fused-ring (bicyclic) bond motifs is 5. The van der Waals surface area contributed by atoms with Crippen molar-refractivity contribution in [1.82, 2.24) is 0 Å². The van der Waals surface area contributed by atoms with E-state index >= 15 is 0 Å². The zero-order valence-corrected chi connectivity index (χ0v) is 32.2. The van der Waals surface area contributed by atoms with Crippen molar-refractivity contribution in [1.29, 1.82) is 0 Å². The molecule has 4 aliphatic carbocycles. The van der Waals surface area contributed by atoms with Gasteiger partial charge in [0.2, 0.25) is 0 Å². The largest absolute Gasteiger partial charge is 0.415 e. The van der Waals surface area contributed by atoms with Gasteiger partial charge in [0.15, 0.2) is 25.0 Å². The van der Waals surface area contributed by atoms with Gasteiger partial charge in [0.25, 0.3) is 0 Å². The van der Waals surface area contributed by atoms with Crippen molar-refractivity contribution in [3.8, 4) is 0 Å². The molecule has 4 rings (SSSR count). The van der Waals surface area contributed by atoms with Crippen LogP contribution in [-0.4, -0.2) is 68.9 Å². The Morgan fingerprint density at radius 1 is 0.833 bits per heavy atom. The molecule has 0 spiro atoms. The first-order valence-electron chi connectivity index (χ1n) is 16.5. The van der Waals surface area contributed by atoms with Gasteiger partial charge < -0.3 is 23.0 Å². The molecule has 0 aromatic carbocycles. The van der Waals surface area contributed by atoms with Gasteiger partial charge >= 0.3 is 0 Å². The Hall–Kier alpha value is -0.529. The van der Waals surface area contributed by atoms with Crippen LogP contribution >= 0.6 is 0 Å². The van der Waals surface area contributed by atoms with Crippen molar-refractivity contribution in [2.75, 3.05) is 20.8 Å². The fourth-order valence-electron chi connectivity index (χ4n) is 9.71. The molecule has 4 aliphatic rings. The van der Waals surface area contributed by atoms with Crippen molar-refractivity contribution in [2.45, 2.75) is 136 Å². The maximum atomic E-state index is 7.39. The third-order valence-electron chi connectivity index (χ3n) is 11.0. The topological polar surface area (TPSA) is 70.9 Å². The summed E-state index contributed by atoms with van der Waals surface area (Å²) in [4.78, 5) is 11.2. The van der Waals surface area contributed by atoms with E-state index in [1.807, 2.05) is 0 Å². The van der Waals surface area contributed by atoms with Gasteiger partial charge in [0.1, 0.15) is 25.5 Å². The monoisotopic (exact) mass is 638 g/mol. The van der Waals surface area contributed by atoms with Crippen LogP contribution in [0.2, 0.25) is 58.9 Å². The van der Waals surface area contributed by atoms with E-state index in [4.69, 9.17) is 33.3 Å². The summed E-state index contributed by atoms with van der Waals surface area (Å²) in [6, 6.07) is 0. The van der Waals surface area contributed by atoms with E-state index in [-0.39, 0.29) is 10.8 Å². The smallest absolute Gasteiger partial charge is 0.185 e. The fraction of sp³-hybridized carbons (Fsp3) is 0.938. The maximum Gasteiger partial charge on any atom is 0.185 e. The van der Waals surface area contributed by atoms with Crippen molar-refractivity contribution >= 4 is 36.4 Å². The SMILES string of the molecule is CON=C1C[C@@]2(C)C(CC[C@]2(O[Si](C)(C)C)C(CO[Si](C)(C)C)=NOC)C2CC[C@H]3C[C@H](O[Si](C)(C)C)CC[C@]3(C)C12. The predicted octanol–water partition coefficient (Wildman–Crippen LogP) is 8.31. The Morgan fingerprint density at radius 2 is 1.52 bits per heavy atom. The van der Waals surface area contributed by atoms with E-state index in [2.05, 4.69) is 72.8 Å². The lowest BCUT2D eigenvalue weighted by Crippen LogP contribution is -2.65. The number of hydrogen-bond donors (Lipinski definition) is 0. The van der Waals surface area contributed by atoms with Crippen LogP contribution in [-0.2, 0) is 23.0 Å². The average molecular weight is 639 g/mol. The first kappa shape index (κ1) is 34.3. The van der Waals surface area contributed by atoms with Gasteiger partial charge in [-0.05, 0) is 133 Å². The molecule has 3 unspecified atom stereocenters. The number of nitrogens with zero attached hydrogens (tertiary/aromatic N) is 2. The summed E-state index contributed by atoms with van der Waals surface area (Å²) < 4.78 is 20.6. The predicted molar refractivity (Wildman–Crippen MR) is 181 cm³/mol. The van der Waals surface area contributed by atoms with Gasteiger partial charge in [-0.15, -0.1) is 0 Å². The molecule has 242 valence electrons. The van der Waals surface area contributed by atoms with Crippen LogP contribution in [0.1, 0.15) is 65.2 Å². The van der Waals surface area contributed by atoms with E-state index < -0.39 is 30.6 Å². The lowest BCUT2D eigenvalue weighted by Gasteiger charge is -2.62. The highest BCUT2D eigenvalue weighted by Gasteiger charge is 2.69. The summed E-state index contributed by atoms with van der Waals surface area (Å²) in [6.07, 6.45) is 9.42. The summed E-state index contributed by atoms with van der Waals surface area (Å²) in [6.45, 7) is 26.1. The molecule has 10 heteroatoms. The normalized spacial score (nSPS) is 40.4. The highest BCUT2D eigenvalue weighted by molar-refractivity contribution is 6.70. The van der Waals surface area contributed by atoms with Gasteiger partial charge in [0, 0.05) is 17.4 Å². The van der Waals surface area contributed by atoms with Gasteiger partial charge in [-0.25, -0.2) is 0 Å². The summed E-state index contributed by atoms with van der Waals surface area (Å²) in [5, 5.41) is 9.62. The molecule has 42 heavy (non-hydrogen) atoms. The second-order valence-electron chi connectivity index (χ2n) is 17.2. The van der Waals surface area contributed by atoms with Crippen LogP contribution < -0.4 is 0 Å². The van der Waals surface area contributed by atoms with Crippen LogP contribution in [0, 0.1) is 34.5 Å². The minimum atomic E-state index is -2.00. The Bertz CT molecular complexity index is 1030. The first-order chi connectivity index (χ1) is 19.3. The molecule has 0 N–H and O–H groups in total. The molecule has 7 nitrogen and oxygen atoms in total. The molecule has 0 radical (unpaired) electrons. The lowest BCUT2D eigenvalue weighted by molar-refractivity contribution is -0.0968. The third-order valence-corrected chi connectivity index (χ3v) is 14.0. The van der Waals surface area contributed by atoms with Crippen LogP contribution in [0.3, 0.4) is 0 Å². The van der Waals surface area contributed by atoms with Gasteiger partial charge in [-0.2, -0.15) is 0 Å². The third kappa shape index (κ3) is 6.69. The molecule has 0 aliphatic heterocycles. The molecular formula is C32H62N2O5Si3. The Morgan fingerprint density at radius 3 is 2.10 bits per heavy atom. The number of rotatable bonds is 10. The van der Waals surface area contributed by atoms with E-state index in [1.54, 1.807) is 14.2 Å². The zero-order chi connectivity index (χ0) is 31.4. The molecular weight excluding hydrogens is 577 g/mol. The Kier molecular flexibility index (Phi) is 9.82. The molecule has 8 atom stereocenters. The molecule has 0 amide bonds. The van der Waals surface area contributed by atoms with E-state index in [0.29, 0.717) is 36.4 Å². The molecule has 4 saturated carbocycles. The molecule has 0 saturated heterocycles.